The molecule has 3 N–H and O–H groups in total. The first-order valence-corrected chi connectivity index (χ1v) is 18.2. The number of amides is 4. The second-order valence-corrected chi connectivity index (χ2v) is 14.4. The van der Waals surface area contributed by atoms with Crippen LogP contribution in [-0.4, -0.2) is 103 Å². The molecule has 1 aliphatic carbocycles. The topological polar surface area (TPSA) is 172 Å². The van der Waals surface area contributed by atoms with Crippen molar-refractivity contribution in [3.05, 3.63) is 48.0 Å². The molecule has 14 nitrogen and oxygen atoms in total. The van der Waals surface area contributed by atoms with Gasteiger partial charge in [-0.25, -0.2) is 14.6 Å². The molecule has 0 bridgehead atoms. The van der Waals surface area contributed by atoms with Gasteiger partial charge in [0.15, 0.2) is 0 Å². The number of nitrogens with one attached hydrogen (secondary N) is 2. The fourth-order valence-electron chi connectivity index (χ4n) is 7.32. The molecule has 5 heterocycles. The molecule has 0 unspecified atom stereocenters. The molecule has 7 rings (SSSR count). The van der Waals surface area contributed by atoms with Crippen LogP contribution in [0.5, 0.6) is 5.75 Å². The summed E-state index contributed by atoms with van der Waals surface area (Å²) in [7, 11) is 1.60. The molecule has 264 valence electrons. The highest BCUT2D eigenvalue weighted by Crippen LogP contribution is 2.46. The molecule has 4 aliphatic rings. The van der Waals surface area contributed by atoms with Gasteiger partial charge in [0.2, 0.25) is 11.8 Å². The number of aromatic nitrogens is 4. The molecule has 1 saturated carbocycles. The number of likely N-dealkylation sites (tertiary alicyclic amines) is 1. The van der Waals surface area contributed by atoms with Crippen LogP contribution in [0.1, 0.15) is 63.8 Å². The van der Waals surface area contributed by atoms with Gasteiger partial charge >= 0.3 is 12.0 Å². The fraction of sp³-hybridized carbons (Fsp3) is 0.514. The molecular formula is C35H42N8O6S. The number of benzene rings is 1. The number of methoxy groups -OCH3 is 1. The number of hydrogen-bond acceptors (Lipinski definition) is 9. The van der Waals surface area contributed by atoms with E-state index >= 15 is 0 Å². The van der Waals surface area contributed by atoms with Crippen LogP contribution in [0.3, 0.4) is 0 Å². The largest absolute Gasteiger partial charge is 0.497 e. The van der Waals surface area contributed by atoms with Gasteiger partial charge in [0.25, 0.3) is 0 Å². The van der Waals surface area contributed by atoms with Gasteiger partial charge in [0, 0.05) is 49.1 Å². The van der Waals surface area contributed by atoms with Crippen LogP contribution < -0.4 is 15.4 Å². The summed E-state index contributed by atoms with van der Waals surface area (Å²) in [6.45, 7) is 1.37. The third-order valence-electron chi connectivity index (χ3n) is 10.3. The third kappa shape index (κ3) is 6.70. The van der Waals surface area contributed by atoms with E-state index in [1.807, 2.05) is 41.8 Å². The van der Waals surface area contributed by atoms with E-state index in [9.17, 15) is 24.3 Å². The van der Waals surface area contributed by atoms with E-state index in [2.05, 4.69) is 15.6 Å². The number of hydrogen-bond donors (Lipinski definition) is 3. The van der Waals surface area contributed by atoms with Crippen molar-refractivity contribution in [2.24, 2.45) is 5.92 Å². The number of allylic oxidation sites excluding steroid dienone is 1. The molecule has 2 saturated heterocycles. The highest BCUT2D eigenvalue weighted by Gasteiger charge is 2.61. The fourth-order valence-corrected chi connectivity index (χ4v) is 7.94. The number of rotatable bonds is 6. The van der Waals surface area contributed by atoms with Gasteiger partial charge in [-0.2, -0.15) is 9.90 Å². The van der Waals surface area contributed by atoms with Crippen molar-refractivity contribution in [3.8, 4) is 27.7 Å². The summed E-state index contributed by atoms with van der Waals surface area (Å²) < 4.78 is 5.34. The van der Waals surface area contributed by atoms with E-state index in [1.165, 1.54) is 16.2 Å². The number of carbonyl (C=O) groups excluding carboxylic acids is 3. The van der Waals surface area contributed by atoms with Crippen molar-refractivity contribution in [2.75, 3.05) is 26.7 Å². The zero-order valence-corrected chi connectivity index (χ0v) is 28.8. The Kier molecular flexibility index (Phi) is 9.58. The second kappa shape index (κ2) is 14.2. The maximum atomic E-state index is 14.5. The summed E-state index contributed by atoms with van der Waals surface area (Å²) in [4.78, 5) is 63.7. The number of thiazole rings is 1. The normalized spacial score (nSPS) is 27.8. The third-order valence-corrected chi connectivity index (χ3v) is 11.1. The SMILES string of the molecule is COc1ccc(-c2nn([C@@H]3C[C@H]4C(=O)N[C@]5(C(=O)O)C[C@H]5/C=C\CCCCC[C@H](NC(=O)N5CCCC5)C(=O)N4C3)nc2-c2nccs2)cc1. The van der Waals surface area contributed by atoms with Crippen LogP contribution in [-0.2, 0) is 14.4 Å². The van der Waals surface area contributed by atoms with Crippen molar-refractivity contribution < 1.29 is 29.0 Å². The predicted octanol–water partition coefficient (Wildman–Crippen LogP) is 3.87. The first-order chi connectivity index (χ1) is 24.3. The summed E-state index contributed by atoms with van der Waals surface area (Å²) >= 11 is 1.43. The summed E-state index contributed by atoms with van der Waals surface area (Å²) in [5.41, 5.74) is 0.535. The minimum Gasteiger partial charge on any atom is -0.497 e. The van der Waals surface area contributed by atoms with Crippen molar-refractivity contribution >= 4 is 35.2 Å². The number of fused-ring (bicyclic) bond motifs is 2. The van der Waals surface area contributed by atoms with E-state index in [4.69, 9.17) is 14.9 Å². The molecular weight excluding hydrogens is 661 g/mol. The molecule has 1 aromatic carbocycles. The van der Waals surface area contributed by atoms with Crippen LogP contribution in [0.15, 0.2) is 48.0 Å². The lowest BCUT2D eigenvalue weighted by molar-refractivity contribution is -0.145. The first kappa shape index (κ1) is 33.7. The van der Waals surface area contributed by atoms with E-state index in [-0.39, 0.29) is 37.2 Å². The maximum Gasteiger partial charge on any atom is 0.330 e. The summed E-state index contributed by atoms with van der Waals surface area (Å²) in [6, 6.07) is 4.82. The minimum absolute atomic E-state index is 0.102. The molecule has 2 aromatic heterocycles. The van der Waals surface area contributed by atoms with Crippen molar-refractivity contribution in [1.29, 1.82) is 0 Å². The number of aliphatic carboxylic acids is 1. The number of carboxylic acids is 1. The molecule has 3 aliphatic heterocycles. The molecule has 4 amide bonds. The Morgan fingerprint density at radius 2 is 1.84 bits per heavy atom. The summed E-state index contributed by atoms with van der Waals surface area (Å²) in [6.07, 6.45) is 11.5. The molecule has 3 fully saturated rings. The standard InChI is InChI=1S/C35H42N8O6S/c1-49-25-13-11-22(12-14-25)28-29(31-36-15-18-50-31)40-43(39-28)24-19-27-30(44)38-35(33(46)47)20-23(35)9-5-3-2-4-6-10-26(32(45)42(27)21-24)37-34(48)41-16-7-8-17-41/h5,9,11-15,18,23-24,26-27H,2-4,6-8,10,16-17,19-21H2,1H3,(H,37,48)(H,38,44)(H,46,47)/b9-5-/t23-,24-,26+,27+,35-/m1/s1. The summed E-state index contributed by atoms with van der Waals surface area (Å²) in [5.74, 6) is -1.64. The van der Waals surface area contributed by atoms with Gasteiger partial charge in [-0.1, -0.05) is 25.0 Å². The van der Waals surface area contributed by atoms with Crippen LogP contribution in [0, 0.1) is 5.92 Å². The zero-order chi connectivity index (χ0) is 34.8. The van der Waals surface area contributed by atoms with E-state index in [0.29, 0.717) is 48.1 Å². The Morgan fingerprint density at radius 3 is 2.56 bits per heavy atom. The Morgan fingerprint density at radius 1 is 1.06 bits per heavy atom. The number of urea groups is 1. The highest BCUT2D eigenvalue weighted by molar-refractivity contribution is 7.13. The Balaban J connectivity index is 1.23. The molecule has 15 heteroatoms. The van der Waals surface area contributed by atoms with Gasteiger partial charge in [0.1, 0.15) is 39.8 Å². The van der Waals surface area contributed by atoms with Gasteiger partial charge in [0.05, 0.1) is 13.2 Å². The van der Waals surface area contributed by atoms with Crippen LogP contribution >= 0.6 is 11.3 Å². The Labute approximate surface area is 293 Å². The van der Waals surface area contributed by atoms with Gasteiger partial charge in [-0.3, -0.25) is 9.59 Å². The first-order valence-electron chi connectivity index (χ1n) is 17.4. The van der Waals surface area contributed by atoms with Gasteiger partial charge < -0.3 is 30.3 Å². The lowest BCUT2D eigenvalue weighted by Gasteiger charge is -2.30. The Hall–Kier alpha value is -4.79. The monoisotopic (exact) mass is 702 g/mol. The number of carboxylic acid groups (broad SMARTS) is 1. The number of carbonyl (C=O) groups is 4. The molecule has 50 heavy (non-hydrogen) atoms. The molecule has 5 atom stereocenters. The number of nitrogens with zero attached hydrogens (tertiary/aromatic N) is 6. The molecule has 0 radical (unpaired) electrons. The van der Waals surface area contributed by atoms with E-state index in [0.717, 1.165) is 37.7 Å². The van der Waals surface area contributed by atoms with Crippen molar-refractivity contribution in [3.63, 3.8) is 0 Å². The number of ether oxygens (including phenoxy) is 1. The quantitative estimate of drug-likeness (QED) is 0.323. The average Bonchev–Trinajstić information content (AvgIpc) is 3.77. The molecule has 3 aromatic rings. The van der Waals surface area contributed by atoms with E-state index < -0.39 is 35.5 Å². The molecule has 0 spiro atoms. The van der Waals surface area contributed by atoms with Crippen molar-refractivity contribution in [1.82, 2.24) is 40.4 Å². The van der Waals surface area contributed by atoms with Crippen LogP contribution in [0.4, 0.5) is 4.79 Å². The predicted molar refractivity (Wildman–Crippen MR) is 184 cm³/mol. The van der Waals surface area contributed by atoms with Gasteiger partial charge in [-0.05, 0) is 62.8 Å². The maximum absolute atomic E-state index is 14.5. The smallest absolute Gasteiger partial charge is 0.330 e. The minimum atomic E-state index is -1.42. The summed E-state index contributed by atoms with van der Waals surface area (Å²) in [5, 5.41) is 28.3. The lowest BCUT2D eigenvalue weighted by atomic mass is 10.0. The van der Waals surface area contributed by atoms with Crippen molar-refractivity contribution in [2.45, 2.75) is 81.5 Å². The Bertz CT molecular complexity index is 1750. The average molecular weight is 703 g/mol. The van der Waals surface area contributed by atoms with Crippen LogP contribution in [0.2, 0.25) is 0 Å². The van der Waals surface area contributed by atoms with Crippen LogP contribution in [0.25, 0.3) is 22.0 Å². The highest BCUT2D eigenvalue weighted by atomic mass is 32.1. The van der Waals surface area contributed by atoms with E-state index in [1.54, 1.807) is 23.0 Å². The zero-order valence-electron chi connectivity index (χ0n) is 28.0. The lowest BCUT2D eigenvalue weighted by Crippen LogP contribution is -2.57. The van der Waals surface area contributed by atoms with Gasteiger partial charge in [-0.15, -0.1) is 16.4 Å². The second-order valence-electron chi connectivity index (χ2n) is 13.5.